The molecule has 0 aliphatic heterocycles. The maximum atomic E-state index is 13.1. The van der Waals surface area contributed by atoms with E-state index in [0.29, 0.717) is 11.6 Å². The molecule has 112 valence electrons. The highest BCUT2D eigenvalue weighted by molar-refractivity contribution is 5.17. The van der Waals surface area contributed by atoms with Crippen molar-refractivity contribution >= 4 is 0 Å². The Labute approximate surface area is 119 Å². The number of ether oxygens (including phenoxy) is 1. The fourth-order valence-electron chi connectivity index (χ4n) is 2.69. The maximum Gasteiger partial charge on any atom is 0.126 e. The van der Waals surface area contributed by atoms with Gasteiger partial charge in [0.05, 0.1) is 12.7 Å². The van der Waals surface area contributed by atoms with Crippen molar-refractivity contribution in [2.75, 3.05) is 6.54 Å². The minimum Gasteiger partial charge on any atom is -0.374 e. The largest absolute Gasteiger partial charge is 0.374 e. The summed E-state index contributed by atoms with van der Waals surface area (Å²) in [4.78, 5) is 0. The second-order valence-corrected chi connectivity index (χ2v) is 5.52. The molecule has 1 aromatic carbocycles. The summed E-state index contributed by atoms with van der Waals surface area (Å²) in [5, 5.41) is 3.53. The maximum absolute atomic E-state index is 13.1. The van der Waals surface area contributed by atoms with Crippen LogP contribution in [0, 0.1) is 11.6 Å². The van der Waals surface area contributed by atoms with Gasteiger partial charge in [-0.05, 0) is 56.3 Å². The van der Waals surface area contributed by atoms with E-state index in [9.17, 15) is 8.78 Å². The van der Waals surface area contributed by atoms with Crippen LogP contribution in [0.4, 0.5) is 8.78 Å². The van der Waals surface area contributed by atoms with Crippen molar-refractivity contribution in [3.63, 3.8) is 0 Å². The molecule has 1 aliphatic carbocycles. The number of hydrogen-bond donors (Lipinski definition) is 1. The summed E-state index contributed by atoms with van der Waals surface area (Å²) < 4.78 is 31.9. The summed E-state index contributed by atoms with van der Waals surface area (Å²) in [5.74, 6) is -1.09. The molecule has 1 fully saturated rings. The Morgan fingerprint density at radius 1 is 1.10 bits per heavy atom. The zero-order valence-electron chi connectivity index (χ0n) is 12.0. The van der Waals surface area contributed by atoms with Crippen LogP contribution in [-0.4, -0.2) is 18.7 Å². The van der Waals surface area contributed by atoms with E-state index in [1.54, 1.807) is 0 Å². The van der Waals surface area contributed by atoms with E-state index in [1.165, 1.54) is 12.1 Å². The van der Waals surface area contributed by atoms with Gasteiger partial charge in [0.1, 0.15) is 11.6 Å². The predicted octanol–water partition coefficient (Wildman–Crippen LogP) is 3.79. The molecule has 1 aliphatic rings. The molecule has 0 bridgehead atoms. The second kappa shape index (κ2) is 7.70. The second-order valence-electron chi connectivity index (χ2n) is 5.52. The Hall–Kier alpha value is -1.00. The molecule has 0 amide bonds. The van der Waals surface area contributed by atoms with Gasteiger partial charge in [0.2, 0.25) is 0 Å². The molecule has 2 rings (SSSR count). The molecular formula is C16H23F2NO. The first-order chi connectivity index (χ1) is 9.67. The highest BCUT2D eigenvalue weighted by atomic mass is 19.1. The molecule has 20 heavy (non-hydrogen) atoms. The molecule has 1 saturated carbocycles. The van der Waals surface area contributed by atoms with Gasteiger partial charge < -0.3 is 10.1 Å². The van der Waals surface area contributed by atoms with Gasteiger partial charge in [0, 0.05) is 12.1 Å². The summed E-state index contributed by atoms with van der Waals surface area (Å²) in [6.45, 7) is 3.52. The van der Waals surface area contributed by atoms with Crippen LogP contribution >= 0.6 is 0 Å². The lowest BCUT2D eigenvalue weighted by atomic mass is 9.93. The molecule has 0 heterocycles. The third-order valence-corrected chi connectivity index (χ3v) is 3.77. The van der Waals surface area contributed by atoms with E-state index in [2.05, 4.69) is 12.2 Å². The zero-order chi connectivity index (χ0) is 14.4. The van der Waals surface area contributed by atoms with Gasteiger partial charge in [-0.1, -0.05) is 6.92 Å². The summed E-state index contributed by atoms with van der Waals surface area (Å²) in [6.07, 6.45) is 5.62. The Morgan fingerprint density at radius 2 is 1.75 bits per heavy atom. The molecule has 0 radical (unpaired) electrons. The van der Waals surface area contributed by atoms with Gasteiger partial charge in [-0.15, -0.1) is 0 Å². The van der Waals surface area contributed by atoms with Crippen molar-refractivity contribution in [1.29, 1.82) is 0 Å². The van der Waals surface area contributed by atoms with Crippen LogP contribution in [-0.2, 0) is 11.3 Å². The van der Waals surface area contributed by atoms with Crippen molar-refractivity contribution in [3.05, 3.63) is 35.4 Å². The summed E-state index contributed by atoms with van der Waals surface area (Å²) in [7, 11) is 0. The average molecular weight is 283 g/mol. The number of hydrogen-bond acceptors (Lipinski definition) is 2. The highest BCUT2D eigenvalue weighted by Gasteiger charge is 2.21. The van der Waals surface area contributed by atoms with Crippen LogP contribution in [0.2, 0.25) is 0 Å². The first-order valence-corrected chi connectivity index (χ1v) is 7.47. The fourth-order valence-corrected chi connectivity index (χ4v) is 2.69. The number of halogens is 2. The smallest absolute Gasteiger partial charge is 0.126 e. The molecular weight excluding hydrogens is 260 g/mol. The quantitative estimate of drug-likeness (QED) is 0.857. The highest BCUT2D eigenvalue weighted by Crippen LogP contribution is 2.22. The standard InChI is InChI=1S/C16H23F2NO/c1-2-7-19-15-3-5-16(6-4-15)20-11-12-8-13(17)10-14(18)9-12/h8-10,15-16,19H,2-7,11H2,1H3. The van der Waals surface area contributed by atoms with E-state index >= 15 is 0 Å². The lowest BCUT2D eigenvalue weighted by Gasteiger charge is -2.29. The normalized spacial score (nSPS) is 22.9. The van der Waals surface area contributed by atoms with Crippen molar-refractivity contribution in [3.8, 4) is 0 Å². The van der Waals surface area contributed by atoms with Crippen LogP contribution in [0.25, 0.3) is 0 Å². The van der Waals surface area contributed by atoms with Gasteiger partial charge in [-0.3, -0.25) is 0 Å². The molecule has 0 atom stereocenters. The zero-order valence-corrected chi connectivity index (χ0v) is 12.0. The minimum absolute atomic E-state index is 0.209. The predicted molar refractivity (Wildman–Crippen MR) is 75.5 cm³/mol. The molecule has 0 aromatic heterocycles. The van der Waals surface area contributed by atoms with Crippen molar-refractivity contribution in [2.24, 2.45) is 0 Å². The van der Waals surface area contributed by atoms with Crippen LogP contribution in [0.3, 0.4) is 0 Å². The summed E-state index contributed by atoms with van der Waals surface area (Å²) >= 11 is 0. The van der Waals surface area contributed by atoms with E-state index in [1.807, 2.05) is 0 Å². The van der Waals surface area contributed by atoms with E-state index in [-0.39, 0.29) is 12.7 Å². The van der Waals surface area contributed by atoms with Gasteiger partial charge >= 0.3 is 0 Å². The van der Waals surface area contributed by atoms with Crippen LogP contribution in [0.1, 0.15) is 44.6 Å². The fraction of sp³-hybridized carbons (Fsp3) is 0.625. The first kappa shape index (κ1) is 15.4. The Balaban J connectivity index is 1.73. The summed E-state index contributed by atoms with van der Waals surface area (Å²) in [5.41, 5.74) is 0.564. The van der Waals surface area contributed by atoms with Crippen LogP contribution in [0.15, 0.2) is 18.2 Å². The number of rotatable bonds is 6. The third kappa shape index (κ3) is 4.84. The molecule has 0 spiro atoms. The molecule has 4 heteroatoms. The monoisotopic (exact) mass is 283 g/mol. The average Bonchev–Trinajstić information content (AvgIpc) is 2.43. The van der Waals surface area contributed by atoms with Gasteiger partial charge in [-0.2, -0.15) is 0 Å². The van der Waals surface area contributed by atoms with E-state index in [0.717, 1.165) is 44.7 Å². The van der Waals surface area contributed by atoms with Crippen LogP contribution < -0.4 is 5.32 Å². The van der Waals surface area contributed by atoms with E-state index < -0.39 is 11.6 Å². The molecule has 1 N–H and O–H groups in total. The van der Waals surface area contributed by atoms with Gasteiger partial charge in [0.25, 0.3) is 0 Å². The Bertz CT molecular complexity index is 397. The summed E-state index contributed by atoms with van der Waals surface area (Å²) in [6, 6.07) is 4.14. The van der Waals surface area contributed by atoms with Gasteiger partial charge in [-0.25, -0.2) is 8.78 Å². The van der Waals surface area contributed by atoms with Crippen LogP contribution in [0.5, 0.6) is 0 Å². The molecule has 1 aromatic rings. The topological polar surface area (TPSA) is 21.3 Å². The lowest BCUT2D eigenvalue weighted by Crippen LogP contribution is -2.35. The Morgan fingerprint density at radius 3 is 2.35 bits per heavy atom. The lowest BCUT2D eigenvalue weighted by molar-refractivity contribution is 0.0112. The number of nitrogens with one attached hydrogen (secondary N) is 1. The minimum atomic E-state index is -0.545. The Kier molecular flexibility index (Phi) is 5.92. The third-order valence-electron chi connectivity index (χ3n) is 3.77. The molecule has 0 saturated heterocycles. The molecule has 2 nitrogen and oxygen atoms in total. The van der Waals surface area contributed by atoms with Crippen molar-refractivity contribution in [2.45, 2.75) is 57.8 Å². The van der Waals surface area contributed by atoms with Crippen molar-refractivity contribution in [1.82, 2.24) is 5.32 Å². The van der Waals surface area contributed by atoms with Gasteiger partial charge in [0.15, 0.2) is 0 Å². The first-order valence-electron chi connectivity index (χ1n) is 7.47. The van der Waals surface area contributed by atoms with E-state index in [4.69, 9.17) is 4.74 Å². The van der Waals surface area contributed by atoms with Crippen molar-refractivity contribution < 1.29 is 13.5 Å². The number of benzene rings is 1. The SMILES string of the molecule is CCCNC1CCC(OCc2cc(F)cc(F)c2)CC1. The molecule has 0 unspecified atom stereocenters.